The normalized spacial score (nSPS) is 26.8. The van der Waals surface area contributed by atoms with Crippen molar-refractivity contribution >= 4 is 5.91 Å². The van der Waals surface area contributed by atoms with E-state index in [2.05, 4.69) is 14.9 Å². The molecule has 1 aromatic heterocycles. The van der Waals surface area contributed by atoms with Gasteiger partial charge in [-0.2, -0.15) is 0 Å². The second-order valence-corrected chi connectivity index (χ2v) is 5.13. The highest BCUT2D eigenvalue weighted by Gasteiger charge is 2.27. The number of aryl methyl sites for hydroxylation is 2. The van der Waals surface area contributed by atoms with Crippen LogP contribution in [0.25, 0.3) is 0 Å². The molecular weight excluding hydrogens is 246 g/mol. The van der Waals surface area contributed by atoms with Gasteiger partial charge in [0, 0.05) is 25.2 Å². The fourth-order valence-corrected chi connectivity index (χ4v) is 2.64. The second-order valence-electron chi connectivity index (χ2n) is 5.13. The van der Waals surface area contributed by atoms with Crippen LogP contribution >= 0.6 is 0 Å². The molecule has 1 N–H and O–H groups in total. The molecule has 19 heavy (non-hydrogen) atoms. The first-order chi connectivity index (χ1) is 9.22. The lowest BCUT2D eigenvalue weighted by molar-refractivity contribution is -0.148. The maximum Gasteiger partial charge on any atom is 0.251 e. The highest BCUT2D eigenvalue weighted by Crippen LogP contribution is 2.15. The van der Waals surface area contributed by atoms with Crippen molar-refractivity contribution < 1.29 is 14.3 Å². The van der Waals surface area contributed by atoms with E-state index in [1.807, 2.05) is 13.1 Å². The van der Waals surface area contributed by atoms with Crippen molar-refractivity contribution in [1.82, 2.24) is 14.9 Å². The molecule has 0 bridgehead atoms. The van der Waals surface area contributed by atoms with Crippen molar-refractivity contribution in [3.05, 3.63) is 17.7 Å². The Morgan fingerprint density at radius 3 is 3.21 bits per heavy atom. The van der Waals surface area contributed by atoms with Crippen LogP contribution in [0.1, 0.15) is 17.9 Å². The quantitative estimate of drug-likeness (QED) is 0.820. The molecule has 0 aliphatic carbocycles. The molecule has 1 fully saturated rings. The molecule has 0 aromatic carbocycles. The van der Waals surface area contributed by atoms with Gasteiger partial charge in [-0.15, -0.1) is 0 Å². The van der Waals surface area contributed by atoms with Gasteiger partial charge in [-0.05, 0) is 13.3 Å². The molecule has 0 saturated carbocycles. The average molecular weight is 265 g/mol. The number of hydrogen-bond acceptors (Lipinski definition) is 4. The SMILES string of the molecule is Cc1cn2c(n1)CC[C@@H](NC(=O)[C@@H]1COCCO1)C2. The van der Waals surface area contributed by atoms with E-state index in [1.54, 1.807) is 0 Å². The Morgan fingerprint density at radius 2 is 2.42 bits per heavy atom. The van der Waals surface area contributed by atoms with Gasteiger partial charge in [0.2, 0.25) is 0 Å². The summed E-state index contributed by atoms with van der Waals surface area (Å²) in [4.78, 5) is 16.5. The van der Waals surface area contributed by atoms with E-state index in [0.717, 1.165) is 30.9 Å². The maximum atomic E-state index is 12.0. The van der Waals surface area contributed by atoms with Gasteiger partial charge in [-0.25, -0.2) is 4.98 Å². The third-order valence-electron chi connectivity index (χ3n) is 3.57. The van der Waals surface area contributed by atoms with Crippen LogP contribution < -0.4 is 5.32 Å². The number of carbonyl (C=O) groups excluding carboxylic acids is 1. The second kappa shape index (κ2) is 5.30. The number of amides is 1. The van der Waals surface area contributed by atoms with Crippen molar-refractivity contribution in [2.24, 2.45) is 0 Å². The van der Waals surface area contributed by atoms with E-state index >= 15 is 0 Å². The largest absolute Gasteiger partial charge is 0.376 e. The zero-order chi connectivity index (χ0) is 13.2. The summed E-state index contributed by atoms with van der Waals surface area (Å²) < 4.78 is 12.8. The lowest BCUT2D eigenvalue weighted by atomic mass is 10.1. The van der Waals surface area contributed by atoms with Gasteiger partial charge in [-0.1, -0.05) is 0 Å². The van der Waals surface area contributed by atoms with Crippen LogP contribution in [-0.4, -0.2) is 47.4 Å². The fraction of sp³-hybridized carbons (Fsp3) is 0.692. The maximum absolute atomic E-state index is 12.0. The van der Waals surface area contributed by atoms with Crippen LogP contribution in [0.2, 0.25) is 0 Å². The third-order valence-corrected chi connectivity index (χ3v) is 3.57. The number of nitrogens with zero attached hydrogens (tertiary/aromatic N) is 2. The zero-order valence-corrected chi connectivity index (χ0v) is 11.1. The number of fused-ring (bicyclic) bond motifs is 1. The Balaban J connectivity index is 1.57. The summed E-state index contributed by atoms with van der Waals surface area (Å²) in [7, 11) is 0. The third kappa shape index (κ3) is 2.79. The summed E-state index contributed by atoms with van der Waals surface area (Å²) >= 11 is 0. The van der Waals surface area contributed by atoms with Gasteiger partial charge in [0.15, 0.2) is 6.10 Å². The first-order valence-electron chi connectivity index (χ1n) is 6.75. The molecule has 2 atom stereocenters. The molecule has 2 aliphatic rings. The van der Waals surface area contributed by atoms with E-state index in [0.29, 0.717) is 19.8 Å². The number of imidazole rings is 1. The van der Waals surface area contributed by atoms with Crippen LogP contribution in [0, 0.1) is 6.92 Å². The Morgan fingerprint density at radius 1 is 1.53 bits per heavy atom. The summed E-state index contributed by atoms with van der Waals surface area (Å²) in [5, 5.41) is 3.05. The van der Waals surface area contributed by atoms with Gasteiger partial charge < -0.3 is 19.4 Å². The van der Waals surface area contributed by atoms with Crippen molar-refractivity contribution in [2.75, 3.05) is 19.8 Å². The molecule has 104 valence electrons. The van der Waals surface area contributed by atoms with E-state index in [1.165, 1.54) is 0 Å². The molecule has 6 nitrogen and oxygen atoms in total. The molecule has 0 radical (unpaired) electrons. The lowest BCUT2D eigenvalue weighted by Crippen LogP contribution is -2.49. The van der Waals surface area contributed by atoms with E-state index in [-0.39, 0.29) is 11.9 Å². The number of carbonyl (C=O) groups is 1. The monoisotopic (exact) mass is 265 g/mol. The number of rotatable bonds is 2. The minimum Gasteiger partial charge on any atom is -0.376 e. The standard InChI is InChI=1S/C13H19N3O3/c1-9-6-16-7-10(2-3-12(16)14-9)15-13(17)11-8-18-4-5-19-11/h6,10-11H,2-5,7-8H2,1H3,(H,15,17)/t10-,11+/m1/s1. The molecule has 0 unspecified atom stereocenters. The molecule has 3 heterocycles. The summed E-state index contributed by atoms with van der Waals surface area (Å²) in [6.07, 6.45) is 3.41. The van der Waals surface area contributed by atoms with Crippen molar-refractivity contribution in [2.45, 2.75) is 38.5 Å². The minimum absolute atomic E-state index is 0.0648. The molecule has 6 heteroatoms. The van der Waals surface area contributed by atoms with Crippen LogP contribution in [0.4, 0.5) is 0 Å². The number of ether oxygens (including phenoxy) is 2. The highest BCUT2D eigenvalue weighted by molar-refractivity contribution is 5.81. The molecule has 2 aliphatic heterocycles. The number of nitrogens with one attached hydrogen (secondary N) is 1. The molecular formula is C13H19N3O3. The van der Waals surface area contributed by atoms with Crippen molar-refractivity contribution in [3.63, 3.8) is 0 Å². The Bertz CT molecular complexity index is 466. The predicted octanol–water partition coefficient (Wildman–Crippen LogP) is 0.0379. The first kappa shape index (κ1) is 12.6. The summed E-state index contributed by atoms with van der Waals surface area (Å²) in [5.74, 6) is 1.05. The van der Waals surface area contributed by atoms with Gasteiger partial charge >= 0.3 is 0 Å². The Hall–Kier alpha value is -1.40. The lowest BCUT2D eigenvalue weighted by Gasteiger charge is -2.28. The van der Waals surface area contributed by atoms with E-state index in [4.69, 9.17) is 9.47 Å². The molecule has 1 saturated heterocycles. The smallest absolute Gasteiger partial charge is 0.251 e. The van der Waals surface area contributed by atoms with Gasteiger partial charge in [-0.3, -0.25) is 4.79 Å². The summed E-state index contributed by atoms with van der Waals surface area (Å²) in [6, 6.07) is 0.152. The Kier molecular flexibility index (Phi) is 3.52. The number of hydrogen-bond donors (Lipinski definition) is 1. The van der Waals surface area contributed by atoms with Gasteiger partial charge in [0.25, 0.3) is 5.91 Å². The van der Waals surface area contributed by atoms with Crippen LogP contribution in [-0.2, 0) is 27.2 Å². The first-order valence-corrected chi connectivity index (χ1v) is 6.75. The molecule has 1 amide bonds. The Labute approximate surface area is 112 Å². The van der Waals surface area contributed by atoms with Crippen LogP contribution in [0.3, 0.4) is 0 Å². The molecule has 1 aromatic rings. The minimum atomic E-state index is -0.459. The van der Waals surface area contributed by atoms with E-state index in [9.17, 15) is 4.79 Å². The summed E-state index contributed by atoms with van der Waals surface area (Å²) in [5.41, 5.74) is 1.03. The number of aromatic nitrogens is 2. The predicted molar refractivity (Wildman–Crippen MR) is 67.8 cm³/mol. The molecule has 0 spiro atoms. The highest BCUT2D eigenvalue weighted by atomic mass is 16.6. The zero-order valence-electron chi connectivity index (χ0n) is 11.1. The van der Waals surface area contributed by atoms with Crippen LogP contribution in [0.15, 0.2) is 6.20 Å². The van der Waals surface area contributed by atoms with Crippen molar-refractivity contribution in [3.8, 4) is 0 Å². The van der Waals surface area contributed by atoms with Gasteiger partial charge in [0.05, 0.1) is 25.5 Å². The van der Waals surface area contributed by atoms with E-state index < -0.39 is 6.10 Å². The summed E-state index contributed by atoms with van der Waals surface area (Å²) in [6.45, 7) is 4.20. The average Bonchev–Trinajstić information content (AvgIpc) is 2.79. The van der Waals surface area contributed by atoms with Crippen molar-refractivity contribution in [1.29, 1.82) is 0 Å². The van der Waals surface area contributed by atoms with Crippen LogP contribution in [0.5, 0.6) is 0 Å². The van der Waals surface area contributed by atoms with Gasteiger partial charge in [0.1, 0.15) is 5.82 Å². The topological polar surface area (TPSA) is 65.4 Å². The molecule has 3 rings (SSSR count). The fourth-order valence-electron chi connectivity index (χ4n) is 2.64.